The molecule has 9 heteroatoms. The van der Waals surface area contributed by atoms with Gasteiger partial charge in [-0.3, -0.25) is 0 Å². The van der Waals surface area contributed by atoms with E-state index in [-0.39, 0.29) is 0 Å². The number of rotatable bonds is 4. The third-order valence-electron chi connectivity index (χ3n) is 3.36. The average molecular weight is 289 g/mol. The molecule has 1 fully saturated rings. The van der Waals surface area contributed by atoms with E-state index in [1.54, 1.807) is 11.0 Å². The lowest BCUT2D eigenvalue weighted by Gasteiger charge is -2.32. The minimum atomic E-state index is 0.479. The molecule has 1 saturated heterocycles. The van der Waals surface area contributed by atoms with Gasteiger partial charge in [-0.2, -0.15) is 24.7 Å². The maximum atomic E-state index is 4.51. The van der Waals surface area contributed by atoms with E-state index in [0.29, 0.717) is 17.8 Å². The van der Waals surface area contributed by atoms with Gasteiger partial charge in [-0.05, 0) is 14.0 Å². The Balaban J connectivity index is 1.91. The summed E-state index contributed by atoms with van der Waals surface area (Å²) in [7, 11) is 2.12. The van der Waals surface area contributed by atoms with Crippen molar-refractivity contribution < 1.29 is 0 Å². The molecule has 0 amide bonds. The van der Waals surface area contributed by atoms with E-state index in [1.807, 2.05) is 6.92 Å². The third kappa shape index (κ3) is 3.07. The van der Waals surface area contributed by atoms with Crippen LogP contribution in [0.15, 0.2) is 12.7 Å². The molecule has 0 aliphatic carbocycles. The highest BCUT2D eigenvalue weighted by atomic mass is 15.4. The van der Waals surface area contributed by atoms with Gasteiger partial charge in [-0.25, -0.2) is 4.98 Å². The average Bonchev–Trinajstić information content (AvgIpc) is 3.02. The summed E-state index contributed by atoms with van der Waals surface area (Å²) in [5.74, 6) is 1.72. The topological polar surface area (TPSA) is 87.9 Å². The van der Waals surface area contributed by atoms with E-state index < -0.39 is 0 Å². The predicted molar refractivity (Wildman–Crippen MR) is 78.6 cm³/mol. The SMILES string of the molecule is CCNc1nc(N2CCN(C)CC2)nc(-n2cncn2)n1. The molecule has 1 N–H and O–H groups in total. The van der Waals surface area contributed by atoms with Crippen molar-refractivity contribution in [2.75, 3.05) is 50.0 Å². The second-order valence-electron chi connectivity index (χ2n) is 4.92. The van der Waals surface area contributed by atoms with E-state index in [0.717, 1.165) is 32.7 Å². The normalized spacial score (nSPS) is 16.2. The summed E-state index contributed by atoms with van der Waals surface area (Å²) < 4.78 is 1.54. The van der Waals surface area contributed by atoms with Gasteiger partial charge in [0.1, 0.15) is 12.7 Å². The number of nitrogens with zero attached hydrogens (tertiary/aromatic N) is 8. The van der Waals surface area contributed by atoms with Gasteiger partial charge in [0, 0.05) is 32.7 Å². The fourth-order valence-corrected chi connectivity index (χ4v) is 2.15. The number of piperazine rings is 1. The van der Waals surface area contributed by atoms with Crippen LogP contribution in [-0.2, 0) is 0 Å². The van der Waals surface area contributed by atoms with Crippen molar-refractivity contribution in [3.05, 3.63) is 12.7 Å². The summed E-state index contributed by atoms with van der Waals surface area (Å²) in [5, 5.41) is 7.22. The van der Waals surface area contributed by atoms with Gasteiger partial charge in [-0.15, -0.1) is 0 Å². The molecule has 2 aromatic heterocycles. The highest BCUT2D eigenvalue weighted by Crippen LogP contribution is 2.14. The van der Waals surface area contributed by atoms with Crippen LogP contribution >= 0.6 is 0 Å². The number of hydrogen-bond acceptors (Lipinski definition) is 8. The fraction of sp³-hybridized carbons (Fsp3) is 0.583. The number of aromatic nitrogens is 6. The standard InChI is InChI=1S/C12H19N9/c1-3-14-10-16-11(20-6-4-19(2)5-7-20)18-12(17-10)21-9-13-8-15-21/h8-9H,3-7H2,1-2H3,(H,14,16,17,18). The van der Waals surface area contributed by atoms with Crippen LogP contribution in [0.4, 0.5) is 11.9 Å². The summed E-state index contributed by atoms with van der Waals surface area (Å²) in [5.41, 5.74) is 0. The fourth-order valence-electron chi connectivity index (χ4n) is 2.15. The molecule has 0 aromatic carbocycles. The molecule has 0 unspecified atom stereocenters. The summed E-state index contributed by atoms with van der Waals surface area (Å²) in [6, 6.07) is 0. The lowest BCUT2D eigenvalue weighted by Crippen LogP contribution is -2.45. The number of nitrogens with one attached hydrogen (secondary N) is 1. The molecule has 0 radical (unpaired) electrons. The number of likely N-dealkylation sites (N-methyl/N-ethyl adjacent to an activating group) is 1. The van der Waals surface area contributed by atoms with E-state index in [2.05, 4.69) is 47.2 Å². The predicted octanol–water partition coefficient (Wildman–Crippen LogP) is -0.364. The Morgan fingerprint density at radius 2 is 1.86 bits per heavy atom. The molecule has 0 saturated carbocycles. The highest BCUT2D eigenvalue weighted by molar-refractivity contribution is 5.40. The number of hydrogen-bond donors (Lipinski definition) is 1. The van der Waals surface area contributed by atoms with Gasteiger partial charge in [0.05, 0.1) is 0 Å². The Kier molecular flexibility index (Phi) is 3.91. The van der Waals surface area contributed by atoms with Crippen LogP contribution in [0.3, 0.4) is 0 Å². The molecule has 1 aliphatic heterocycles. The minimum absolute atomic E-state index is 0.479. The van der Waals surface area contributed by atoms with Gasteiger partial charge in [0.2, 0.25) is 11.9 Å². The summed E-state index contributed by atoms with van der Waals surface area (Å²) in [4.78, 5) is 21.8. The molecular weight excluding hydrogens is 270 g/mol. The van der Waals surface area contributed by atoms with Crippen molar-refractivity contribution in [3.63, 3.8) is 0 Å². The van der Waals surface area contributed by atoms with Crippen molar-refractivity contribution in [2.45, 2.75) is 6.92 Å². The van der Waals surface area contributed by atoms with Crippen LogP contribution in [0, 0.1) is 0 Å². The first-order valence-electron chi connectivity index (χ1n) is 7.04. The van der Waals surface area contributed by atoms with Crippen LogP contribution in [0.25, 0.3) is 5.95 Å². The maximum Gasteiger partial charge on any atom is 0.258 e. The maximum absolute atomic E-state index is 4.51. The van der Waals surface area contributed by atoms with Crippen molar-refractivity contribution in [1.29, 1.82) is 0 Å². The summed E-state index contributed by atoms with van der Waals surface area (Å²) in [6.07, 6.45) is 3.05. The third-order valence-corrected chi connectivity index (χ3v) is 3.36. The van der Waals surface area contributed by atoms with Gasteiger partial charge in [-0.1, -0.05) is 0 Å². The van der Waals surface area contributed by atoms with Crippen molar-refractivity contribution >= 4 is 11.9 Å². The van der Waals surface area contributed by atoms with Gasteiger partial charge in [0.15, 0.2) is 0 Å². The molecule has 2 aromatic rings. The quantitative estimate of drug-likeness (QED) is 0.816. The van der Waals surface area contributed by atoms with Crippen LogP contribution in [0.2, 0.25) is 0 Å². The first-order valence-corrected chi connectivity index (χ1v) is 7.04. The van der Waals surface area contributed by atoms with Crippen LogP contribution in [0.1, 0.15) is 6.92 Å². The second-order valence-corrected chi connectivity index (χ2v) is 4.92. The Morgan fingerprint density at radius 3 is 2.52 bits per heavy atom. The second kappa shape index (κ2) is 6.00. The molecular formula is C12H19N9. The van der Waals surface area contributed by atoms with Crippen molar-refractivity contribution in [3.8, 4) is 5.95 Å². The Morgan fingerprint density at radius 1 is 1.10 bits per heavy atom. The smallest absolute Gasteiger partial charge is 0.258 e. The molecule has 0 atom stereocenters. The summed E-state index contributed by atoms with van der Waals surface area (Å²) in [6.45, 7) is 6.57. The van der Waals surface area contributed by atoms with Crippen molar-refractivity contribution in [2.24, 2.45) is 0 Å². The zero-order valence-corrected chi connectivity index (χ0v) is 12.3. The first-order chi connectivity index (χ1) is 10.3. The molecule has 21 heavy (non-hydrogen) atoms. The Bertz CT molecular complexity index is 574. The molecule has 0 bridgehead atoms. The van der Waals surface area contributed by atoms with E-state index in [1.165, 1.54) is 6.33 Å². The zero-order valence-electron chi connectivity index (χ0n) is 12.3. The van der Waals surface area contributed by atoms with E-state index in [9.17, 15) is 0 Å². The monoisotopic (exact) mass is 289 g/mol. The number of anilines is 2. The molecule has 0 spiro atoms. The van der Waals surface area contributed by atoms with Gasteiger partial charge >= 0.3 is 0 Å². The van der Waals surface area contributed by atoms with E-state index in [4.69, 9.17) is 0 Å². The zero-order chi connectivity index (χ0) is 14.7. The molecule has 112 valence electrons. The summed E-state index contributed by atoms with van der Waals surface area (Å²) >= 11 is 0. The molecule has 1 aliphatic rings. The van der Waals surface area contributed by atoms with Crippen LogP contribution in [0.5, 0.6) is 0 Å². The van der Waals surface area contributed by atoms with Crippen molar-refractivity contribution in [1.82, 2.24) is 34.6 Å². The first kappa shape index (κ1) is 13.7. The largest absolute Gasteiger partial charge is 0.354 e. The van der Waals surface area contributed by atoms with Gasteiger partial charge in [0.25, 0.3) is 5.95 Å². The Labute approximate surface area is 123 Å². The highest BCUT2D eigenvalue weighted by Gasteiger charge is 2.19. The molecule has 3 heterocycles. The van der Waals surface area contributed by atoms with E-state index >= 15 is 0 Å². The lowest BCUT2D eigenvalue weighted by atomic mass is 10.3. The van der Waals surface area contributed by atoms with Crippen LogP contribution in [-0.4, -0.2) is 74.4 Å². The molecule has 3 rings (SSSR count). The van der Waals surface area contributed by atoms with Gasteiger partial charge < -0.3 is 15.1 Å². The molecule has 9 nitrogen and oxygen atoms in total. The minimum Gasteiger partial charge on any atom is -0.354 e. The Hall–Kier alpha value is -2.29. The van der Waals surface area contributed by atoms with Crippen LogP contribution < -0.4 is 10.2 Å². The lowest BCUT2D eigenvalue weighted by molar-refractivity contribution is 0.311.